The van der Waals surface area contributed by atoms with E-state index in [1.54, 1.807) is 12.1 Å². The smallest absolute Gasteiger partial charge is 0.421 e. The molecule has 0 aliphatic carbocycles. The van der Waals surface area contributed by atoms with Crippen molar-refractivity contribution in [3.05, 3.63) is 18.5 Å². The molecule has 3 rings (SSSR count). The minimum Gasteiger partial charge on any atom is -0.493 e. The lowest BCUT2D eigenvalue weighted by atomic mass is 10.2. The van der Waals surface area contributed by atoms with E-state index >= 15 is 0 Å². The lowest BCUT2D eigenvalue weighted by molar-refractivity contribution is -0.000961. The number of fused-ring (bicyclic) bond motifs is 1. The standard InChI is InChI=1S/C16H19F2N5O6S/c1-27-12-5-10-11(6-13(12)28-2)20-9-21-14(10)22-3-4-23(8-16(17,18)7-22)30(25,26)29-15(19)24/h5-6,9H,3-4,7-8H2,1-2H3,(H2,19,24). The van der Waals surface area contributed by atoms with Crippen LogP contribution in [0.1, 0.15) is 0 Å². The maximum atomic E-state index is 14.6. The van der Waals surface area contributed by atoms with Gasteiger partial charge >= 0.3 is 16.4 Å². The van der Waals surface area contributed by atoms with Gasteiger partial charge in [-0.2, -0.15) is 12.7 Å². The Morgan fingerprint density at radius 2 is 1.80 bits per heavy atom. The fourth-order valence-electron chi connectivity index (χ4n) is 3.13. The van der Waals surface area contributed by atoms with E-state index in [0.717, 1.165) is 0 Å². The molecule has 0 spiro atoms. The van der Waals surface area contributed by atoms with Crippen LogP contribution in [0.4, 0.5) is 19.4 Å². The number of benzene rings is 1. The van der Waals surface area contributed by atoms with Crippen molar-refractivity contribution >= 4 is 33.1 Å². The van der Waals surface area contributed by atoms with Gasteiger partial charge in [-0.15, -0.1) is 0 Å². The number of carbonyl (C=O) groups excluding carboxylic acids is 1. The van der Waals surface area contributed by atoms with Crippen LogP contribution in [0.3, 0.4) is 0 Å². The number of ether oxygens (including phenoxy) is 2. The Balaban J connectivity index is 2.00. The number of carbonyl (C=O) groups is 1. The number of aromatic nitrogens is 2. The summed E-state index contributed by atoms with van der Waals surface area (Å²) in [7, 11) is -1.89. The van der Waals surface area contributed by atoms with Crippen molar-refractivity contribution in [2.24, 2.45) is 5.73 Å². The number of methoxy groups -OCH3 is 2. The molecule has 1 saturated heterocycles. The molecule has 0 unspecified atom stereocenters. The largest absolute Gasteiger partial charge is 0.493 e. The lowest BCUT2D eigenvalue weighted by Gasteiger charge is -2.25. The molecule has 1 fully saturated rings. The predicted octanol–water partition coefficient (Wildman–Crippen LogP) is 0.744. The molecule has 30 heavy (non-hydrogen) atoms. The van der Waals surface area contributed by atoms with Crippen LogP contribution in [0.5, 0.6) is 11.5 Å². The summed E-state index contributed by atoms with van der Waals surface area (Å²) in [4.78, 5) is 20.3. The summed E-state index contributed by atoms with van der Waals surface area (Å²) < 4.78 is 68.1. The first kappa shape index (κ1) is 21.7. The third kappa shape index (κ3) is 4.43. The van der Waals surface area contributed by atoms with Gasteiger partial charge in [0.05, 0.1) is 32.8 Å². The highest BCUT2D eigenvalue weighted by Crippen LogP contribution is 2.36. The van der Waals surface area contributed by atoms with Crippen LogP contribution in [-0.4, -0.2) is 75.1 Å². The second-order valence-corrected chi connectivity index (χ2v) is 7.93. The second kappa shape index (κ2) is 8.02. The van der Waals surface area contributed by atoms with Gasteiger partial charge in [-0.3, -0.25) is 0 Å². The van der Waals surface area contributed by atoms with Crippen molar-refractivity contribution in [2.75, 3.05) is 45.3 Å². The van der Waals surface area contributed by atoms with E-state index in [4.69, 9.17) is 15.2 Å². The van der Waals surface area contributed by atoms with Crippen LogP contribution >= 0.6 is 0 Å². The van der Waals surface area contributed by atoms with Crippen molar-refractivity contribution in [3.8, 4) is 11.5 Å². The van der Waals surface area contributed by atoms with Gasteiger partial charge in [-0.1, -0.05) is 0 Å². The highest BCUT2D eigenvalue weighted by Gasteiger charge is 2.43. The van der Waals surface area contributed by atoms with Crippen LogP contribution < -0.4 is 20.1 Å². The first-order valence-electron chi connectivity index (χ1n) is 8.55. The number of amides is 1. The van der Waals surface area contributed by atoms with Crippen molar-refractivity contribution in [3.63, 3.8) is 0 Å². The Hall–Kier alpha value is -3.00. The summed E-state index contributed by atoms with van der Waals surface area (Å²) in [6, 6.07) is 3.13. The van der Waals surface area contributed by atoms with Crippen molar-refractivity contribution in [1.29, 1.82) is 0 Å². The summed E-state index contributed by atoms with van der Waals surface area (Å²) in [5, 5.41) is 0.413. The zero-order chi connectivity index (χ0) is 22.1. The molecular formula is C16H19F2N5O6S. The molecule has 1 amide bonds. The first-order valence-corrected chi connectivity index (χ1v) is 9.91. The van der Waals surface area contributed by atoms with Crippen LogP contribution in [-0.2, 0) is 14.5 Å². The van der Waals surface area contributed by atoms with Crippen LogP contribution in [0.25, 0.3) is 10.9 Å². The molecule has 11 nitrogen and oxygen atoms in total. The molecule has 2 aromatic rings. The topological polar surface area (TPSA) is 137 Å². The van der Waals surface area contributed by atoms with Crippen molar-refractivity contribution in [1.82, 2.24) is 14.3 Å². The van der Waals surface area contributed by atoms with E-state index in [0.29, 0.717) is 26.7 Å². The van der Waals surface area contributed by atoms with Gasteiger partial charge < -0.3 is 24.3 Å². The summed E-state index contributed by atoms with van der Waals surface area (Å²) in [6.07, 6.45) is -0.403. The lowest BCUT2D eigenvalue weighted by Crippen LogP contribution is -2.43. The molecule has 164 valence electrons. The fourth-order valence-corrected chi connectivity index (χ4v) is 4.09. The van der Waals surface area contributed by atoms with Gasteiger partial charge in [0.15, 0.2) is 11.5 Å². The van der Waals surface area contributed by atoms with Crippen LogP contribution in [0, 0.1) is 0 Å². The Kier molecular flexibility index (Phi) is 5.81. The number of alkyl halides is 2. The Labute approximate surface area is 170 Å². The number of hydrogen-bond acceptors (Lipinski definition) is 9. The molecule has 0 saturated carbocycles. The minimum atomic E-state index is -4.76. The van der Waals surface area contributed by atoms with E-state index in [2.05, 4.69) is 14.2 Å². The summed E-state index contributed by atoms with van der Waals surface area (Å²) in [6.45, 7) is -2.54. The Bertz CT molecular complexity index is 1070. The van der Waals surface area contributed by atoms with E-state index in [-0.39, 0.29) is 18.9 Å². The zero-order valence-electron chi connectivity index (χ0n) is 16.0. The number of halogens is 2. The molecule has 1 aromatic heterocycles. The van der Waals surface area contributed by atoms with Crippen molar-refractivity contribution in [2.45, 2.75) is 5.92 Å². The van der Waals surface area contributed by atoms with Crippen LogP contribution in [0.15, 0.2) is 18.5 Å². The van der Waals surface area contributed by atoms with Gasteiger partial charge in [0.1, 0.15) is 12.1 Å². The van der Waals surface area contributed by atoms with Gasteiger partial charge in [-0.05, 0) is 6.07 Å². The minimum absolute atomic E-state index is 0.155. The zero-order valence-corrected chi connectivity index (χ0v) is 16.9. The SMILES string of the molecule is COc1cc2ncnc(N3CCN(S(=O)(=O)OC(N)=O)CC(F)(F)C3)c2cc1OC. The summed E-state index contributed by atoms with van der Waals surface area (Å²) in [5.41, 5.74) is 5.14. The maximum Gasteiger partial charge on any atom is 0.421 e. The van der Waals surface area contributed by atoms with Crippen LogP contribution in [0.2, 0.25) is 0 Å². The third-order valence-electron chi connectivity index (χ3n) is 4.37. The summed E-state index contributed by atoms with van der Waals surface area (Å²) >= 11 is 0. The van der Waals surface area contributed by atoms with Gasteiger partial charge in [0.25, 0.3) is 5.92 Å². The van der Waals surface area contributed by atoms with Gasteiger partial charge in [0.2, 0.25) is 0 Å². The van der Waals surface area contributed by atoms with E-state index in [9.17, 15) is 22.0 Å². The second-order valence-electron chi connectivity index (χ2n) is 6.39. The number of rotatable bonds is 5. The highest BCUT2D eigenvalue weighted by molar-refractivity contribution is 7.84. The third-order valence-corrected chi connectivity index (χ3v) is 5.69. The molecule has 0 bridgehead atoms. The number of hydrogen-bond donors (Lipinski definition) is 1. The molecule has 1 aliphatic heterocycles. The fraction of sp³-hybridized carbons (Fsp3) is 0.438. The normalized spacial score (nSPS) is 17.4. The molecule has 2 heterocycles. The number of anilines is 1. The van der Waals surface area contributed by atoms with Crippen molar-refractivity contribution < 1.29 is 35.6 Å². The van der Waals surface area contributed by atoms with Gasteiger partial charge in [0, 0.05) is 24.5 Å². The Morgan fingerprint density at radius 1 is 1.13 bits per heavy atom. The number of primary amides is 1. The van der Waals surface area contributed by atoms with E-state index in [1.165, 1.54) is 25.4 Å². The molecule has 14 heteroatoms. The average Bonchev–Trinajstić information content (AvgIpc) is 2.83. The van der Waals surface area contributed by atoms with E-state index < -0.39 is 35.4 Å². The molecule has 1 aliphatic rings. The predicted molar refractivity (Wildman–Crippen MR) is 101 cm³/mol. The molecule has 1 aromatic carbocycles. The molecule has 2 N–H and O–H groups in total. The average molecular weight is 447 g/mol. The number of nitrogens with zero attached hydrogens (tertiary/aromatic N) is 4. The monoisotopic (exact) mass is 447 g/mol. The highest BCUT2D eigenvalue weighted by atomic mass is 32.2. The summed E-state index contributed by atoms with van der Waals surface area (Å²) in [5.74, 6) is -2.56. The van der Waals surface area contributed by atoms with Gasteiger partial charge in [-0.25, -0.2) is 23.5 Å². The maximum absolute atomic E-state index is 14.6. The molecular weight excluding hydrogens is 428 g/mol. The Morgan fingerprint density at radius 3 is 2.43 bits per heavy atom. The number of nitrogens with two attached hydrogens (primary N) is 1. The van der Waals surface area contributed by atoms with E-state index in [1.807, 2.05) is 0 Å². The first-order chi connectivity index (χ1) is 14.1. The molecule has 0 radical (unpaired) electrons. The molecule has 0 atom stereocenters. The quantitative estimate of drug-likeness (QED) is 0.703.